The zero-order valence-corrected chi connectivity index (χ0v) is 12.3. The van der Waals surface area contributed by atoms with Gasteiger partial charge in [0.05, 0.1) is 17.6 Å². The lowest BCUT2D eigenvalue weighted by molar-refractivity contribution is 0.249. The van der Waals surface area contributed by atoms with E-state index in [1.807, 2.05) is 6.20 Å². The standard InChI is InChI=1S/C15H26N4/c1-4-14(16)15-6-5-13(11-17-15)19-9-7-12(8-10-19)18(2)3/h5-6,11-12,14H,4,7-10,16H2,1-3H3/t14-/m1/s1. The van der Waals surface area contributed by atoms with Crippen molar-refractivity contribution in [3.63, 3.8) is 0 Å². The lowest BCUT2D eigenvalue weighted by atomic mass is 10.0. The van der Waals surface area contributed by atoms with Gasteiger partial charge in [-0.2, -0.15) is 0 Å². The summed E-state index contributed by atoms with van der Waals surface area (Å²) in [5, 5.41) is 0. The van der Waals surface area contributed by atoms with Crippen LogP contribution in [0.2, 0.25) is 0 Å². The lowest BCUT2D eigenvalue weighted by Crippen LogP contribution is -2.42. The van der Waals surface area contributed by atoms with E-state index in [1.54, 1.807) is 0 Å². The molecule has 2 rings (SSSR count). The van der Waals surface area contributed by atoms with E-state index < -0.39 is 0 Å². The number of piperidine rings is 1. The summed E-state index contributed by atoms with van der Waals surface area (Å²) in [6.07, 6.45) is 5.36. The minimum absolute atomic E-state index is 0.0635. The Morgan fingerprint density at radius 1 is 1.37 bits per heavy atom. The van der Waals surface area contributed by atoms with Crippen molar-refractivity contribution in [3.8, 4) is 0 Å². The summed E-state index contributed by atoms with van der Waals surface area (Å²) in [6, 6.07) is 5.01. The summed E-state index contributed by atoms with van der Waals surface area (Å²) in [5.41, 5.74) is 8.21. The molecule has 1 aliphatic heterocycles. The predicted octanol–water partition coefficient (Wildman–Crippen LogP) is 2.02. The molecule has 106 valence electrons. The highest BCUT2D eigenvalue weighted by Gasteiger charge is 2.20. The highest BCUT2D eigenvalue weighted by atomic mass is 15.2. The molecule has 0 radical (unpaired) electrons. The van der Waals surface area contributed by atoms with E-state index in [0.717, 1.165) is 31.2 Å². The smallest absolute Gasteiger partial charge is 0.0572 e. The van der Waals surface area contributed by atoms with Crippen LogP contribution in [0.1, 0.15) is 37.9 Å². The topological polar surface area (TPSA) is 45.4 Å². The van der Waals surface area contributed by atoms with Gasteiger partial charge < -0.3 is 15.5 Å². The van der Waals surface area contributed by atoms with Crippen molar-refractivity contribution in [1.29, 1.82) is 0 Å². The first-order valence-electron chi connectivity index (χ1n) is 7.24. The maximum atomic E-state index is 5.99. The third-order valence-corrected chi connectivity index (χ3v) is 4.15. The SMILES string of the molecule is CC[C@@H](N)c1ccc(N2CCC(N(C)C)CC2)cn1. The molecule has 0 amide bonds. The Labute approximate surface area is 116 Å². The van der Waals surface area contributed by atoms with Gasteiger partial charge in [0, 0.05) is 25.2 Å². The highest BCUT2D eigenvalue weighted by molar-refractivity contribution is 5.45. The predicted molar refractivity (Wildman–Crippen MR) is 80.4 cm³/mol. The van der Waals surface area contributed by atoms with Crippen LogP contribution in [0.15, 0.2) is 18.3 Å². The van der Waals surface area contributed by atoms with Crippen LogP contribution in [-0.4, -0.2) is 43.1 Å². The van der Waals surface area contributed by atoms with Gasteiger partial charge in [0.1, 0.15) is 0 Å². The average Bonchev–Trinajstić information content (AvgIpc) is 2.46. The van der Waals surface area contributed by atoms with Gasteiger partial charge in [0.25, 0.3) is 0 Å². The molecule has 1 atom stereocenters. The van der Waals surface area contributed by atoms with Crippen LogP contribution < -0.4 is 10.6 Å². The number of hydrogen-bond acceptors (Lipinski definition) is 4. The monoisotopic (exact) mass is 262 g/mol. The summed E-state index contributed by atoms with van der Waals surface area (Å²) < 4.78 is 0. The van der Waals surface area contributed by atoms with Crippen LogP contribution in [0, 0.1) is 0 Å². The Morgan fingerprint density at radius 3 is 2.53 bits per heavy atom. The molecule has 0 spiro atoms. The second kappa shape index (κ2) is 6.35. The van der Waals surface area contributed by atoms with Crippen molar-refractivity contribution in [3.05, 3.63) is 24.0 Å². The van der Waals surface area contributed by atoms with Crippen LogP contribution in [0.25, 0.3) is 0 Å². The number of nitrogens with two attached hydrogens (primary N) is 1. The van der Waals surface area contributed by atoms with Gasteiger partial charge in [-0.25, -0.2) is 0 Å². The van der Waals surface area contributed by atoms with Crippen molar-refractivity contribution in [1.82, 2.24) is 9.88 Å². The van der Waals surface area contributed by atoms with Crippen LogP contribution >= 0.6 is 0 Å². The molecule has 19 heavy (non-hydrogen) atoms. The van der Waals surface area contributed by atoms with Gasteiger partial charge in [-0.1, -0.05) is 6.92 Å². The van der Waals surface area contributed by atoms with Crippen LogP contribution in [-0.2, 0) is 0 Å². The van der Waals surface area contributed by atoms with Gasteiger partial charge >= 0.3 is 0 Å². The summed E-state index contributed by atoms with van der Waals surface area (Å²) in [5.74, 6) is 0. The van der Waals surface area contributed by atoms with E-state index in [9.17, 15) is 0 Å². The Balaban J connectivity index is 1.96. The van der Waals surface area contributed by atoms with E-state index in [0.29, 0.717) is 0 Å². The number of anilines is 1. The molecule has 0 aliphatic carbocycles. The maximum absolute atomic E-state index is 5.99. The Morgan fingerprint density at radius 2 is 2.05 bits per heavy atom. The molecule has 2 N–H and O–H groups in total. The fourth-order valence-electron chi connectivity index (χ4n) is 2.65. The Bertz CT molecular complexity index is 380. The number of rotatable bonds is 4. The van der Waals surface area contributed by atoms with E-state index in [-0.39, 0.29) is 6.04 Å². The molecule has 0 bridgehead atoms. The van der Waals surface area contributed by atoms with Gasteiger partial charge in [-0.15, -0.1) is 0 Å². The Hall–Kier alpha value is -1.13. The second-order valence-electron chi connectivity index (χ2n) is 5.64. The van der Waals surface area contributed by atoms with Crippen molar-refractivity contribution in [2.75, 3.05) is 32.1 Å². The van der Waals surface area contributed by atoms with Crippen molar-refractivity contribution < 1.29 is 0 Å². The maximum Gasteiger partial charge on any atom is 0.0572 e. The first kappa shape index (κ1) is 14.3. The second-order valence-corrected chi connectivity index (χ2v) is 5.64. The van der Waals surface area contributed by atoms with Crippen LogP contribution in [0.5, 0.6) is 0 Å². The molecular formula is C15H26N4. The number of hydrogen-bond donors (Lipinski definition) is 1. The first-order chi connectivity index (χ1) is 9.11. The molecule has 1 saturated heterocycles. The molecule has 0 saturated carbocycles. The summed E-state index contributed by atoms with van der Waals surface area (Å²) in [4.78, 5) is 9.26. The minimum atomic E-state index is 0.0635. The molecule has 1 aromatic rings. The molecule has 1 fully saturated rings. The third kappa shape index (κ3) is 3.45. The van der Waals surface area contributed by atoms with Crippen molar-refractivity contribution in [2.45, 2.75) is 38.3 Å². The van der Waals surface area contributed by atoms with E-state index >= 15 is 0 Å². The van der Waals surface area contributed by atoms with Crippen molar-refractivity contribution in [2.24, 2.45) is 5.73 Å². The fourth-order valence-corrected chi connectivity index (χ4v) is 2.65. The van der Waals surface area contributed by atoms with Crippen LogP contribution in [0.3, 0.4) is 0 Å². The molecular weight excluding hydrogens is 236 g/mol. The van der Waals surface area contributed by atoms with Crippen LogP contribution in [0.4, 0.5) is 5.69 Å². The van der Waals surface area contributed by atoms with E-state index in [2.05, 4.69) is 47.9 Å². The van der Waals surface area contributed by atoms with E-state index in [1.165, 1.54) is 18.5 Å². The molecule has 1 aromatic heterocycles. The zero-order chi connectivity index (χ0) is 13.8. The van der Waals surface area contributed by atoms with Gasteiger partial charge in [-0.05, 0) is 45.5 Å². The summed E-state index contributed by atoms with van der Waals surface area (Å²) >= 11 is 0. The molecule has 4 nitrogen and oxygen atoms in total. The molecule has 2 heterocycles. The largest absolute Gasteiger partial charge is 0.370 e. The lowest BCUT2D eigenvalue weighted by Gasteiger charge is -2.36. The molecule has 0 unspecified atom stereocenters. The van der Waals surface area contributed by atoms with Gasteiger partial charge in [-0.3, -0.25) is 4.98 Å². The minimum Gasteiger partial charge on any atom is -0.370 e. The van der Waals surface area contributed by atoms with E-state index in [4.69, 9.17) is 5.73 Å². The third-order valence-electron chi connectivity index (χ3n) is 4.15. The molecule has 1 aliphatic rings. The number of aromatic nitrogens is 1. The van der Waals surface area contributed by atoms with Gasteiger partial charge in [0.15, 0.2) is 0 Å². The molecule has 4 heteroatoms. The molecule has 0 aromatic carbocycles. The quantitative estimate of drug-likeness (QED) is 0.902. The average molecular weight is 262 g/mol. The number of pyridine rings is 1. The summed E-state index contributed by atoms with van der Waals surface area (Å²) in [7, 11) is 4.34. The fraction of sp³-hybridized carbons (Fsp3) is 0.667. The first-order valence-corrected chi connectivity index (χ1v) is 7.24. The zero-order valence-electron chi connectivity index (χ0n) is 12.3. The van der Waals surface area contributed by atoms with Crippen molar-refractivity contribution >= 4 is 5.69 Å². The normalized spacial score (nSPS) is 18.9. The highest BCUT2D eigenvalue weighted by Crippen LogP contribution is 2.22. The van der Waals surface area contributed by atoms with Gasteiger partial charge in [0.2, 0.25) is 0 Å². The summed E-state index contributed by atoms with van der Waals surface area (Å²) in [6.45, 7) is 4.32. The number of nitrogens with zero attached hydrogens (tertiary/aromatic N) is 3. The Kier molecular flexibility index (Phi) is 4.77.